The summed E-state index contributed by atoms with van der Waals surface area (Å²) in [5.74, 6) is -0.563. The molecule has 2 rings (SSSR count). The molecular weight excluding hydrogens is 297 g/mol. The number of hydrogen-bond donors (Lipinski definition) is 2. The summed E-state index contributed by atoms with van der Waals surface area (Å²) < 4.78 is 0. The van der Waals surface area contributed by atoms with Crippen molar-refractivity contribution in [1.29, 1.82) is 0 Å². The van der Waals surface area contributed by atoms with Crippen LogP contribution in [0.15, 0.2) is 30.5 Å². The van der Waals surface area contributed by atoms with Gasteiger partial charge >= 0.3 is 0 Å². The minimum atomic E-state index is -0.563. The van der Waals surface area contributed by atoms with Crippen LogP contribution in [0.2, 0.25) is 10.2 Å². The molecule has 0 unspecified atom stereocenters. The third-order valence-corrected chi connectivity index (χ3v) is 3.38. The first kappa shape index (κ1) is 14.6. The van der Waals surface area contributed by atoms with Crippen molar-refractivity contribution in [2.24, 2.45) is 5.73 Å². The number of pyridine rings is 1. The van der Waals surface area contributed by atoms with Gasteiger partial charge in [0, 0.05) is 17.8 Å². The molecular formula is C14H13Cl2N3O. The molecule has 20 heavy (non-hydrogen) atoms. The highest BCUT2D eigenvalue weighted by Gasteiger charge is 2.10. The summed E-state index contributed by atoms with van der Waals surface area (Å²) in [7, 11) is 0. The van der Waals surface area contributed by atoms with E-state index in [4.69, 9.17) is 28.9 Å². The normalized spacial score (nSPS) is 10.3. The number of nitrogens with two attached hydrogens (primary N) is 1. The molecule has 1 aromatic carbocycles. The fourth-order valence-electron chi connectivity index (χ4n) is 1.80. The highest BCUT2D eigenvalue weighted by Crippen LogP contribution is 2.22. The average Bonchev–Trinajstić information content (AvgIpc) is 2.39. The molecule has 1 amide bonds. The van der Waals surface area contributed by atoms with E-state index in [0.717, 1.165) is 11.1 Å². The van der Waals surface area contributed by atoms with Crippen molar-refractivity contribution in [3.05, 3.63) is 57.3 Å². The summed E-state index contributed by atoms with van der Waals surface area (Å²) in [5, 5.41) is 4.05. The Morgan fingerprint density at radius 1 is 1.35 bits per heavy atom. The topological polar surface area (TPSA) is 68.0 Å². The standard InChI is InChI=1S/C14H13Cl2N3O/c1-8-2-3-11(15)9(4-8)6-18-12-5-13(16)19-7-10(12)14(17)20/h2-5,7H,6H2,1H3,(H2,17,20)(H,18,19). The lowest BCUT2D eigenvalue weighted by Crippen LogP contribution is -2.15. The average molecular weight is 310 g/mol. The summed E-state index contributed by atoms with van der Waals surface area (Å²) in [6.45, 7) is 2.44. The van der Waals surface area contributed by atoms with Crippen molar-refractivity contribution in [3.63, 3.8) is 0 Å². The van der Waals surface area contributed by atoms with Crippen LogP contribution in [0.25, 0.3) is 0 Å². The van der Waals surface area contributed by atoms with Crippen LogP contribution in [0.4, 0.5) is 5.69 Å². The monoisotopic (exact) mass is 309 g/mol. The maximum Gasteiger partial charge on any atom is 0.252 e. The second kappa shape index (κ2) is 6.11. The van der Waals surface area contributed by atoms with Gasteiger partial charge in [0.15, 0.2) is 0 Å². The number of carbonyl (C=O) groups excluding carboxylic acids is 1. The highest BCUT2D eigenvalue weighted by atomic mass is 35.5. The fourth-order valence-corrected chi connectivity index (χ4v) is 2.14. The van der Waals surface area contributed by atoms with Crippen molar-refractivity contribution < 1.29 is 4.79 Å². The predicted molar refractivity (Wildman–Crippen MR) is 81.3 cm³/mol. The van der Waals surface area contributed by atoms with Crippen LogP contribution in [0.3, 0.4) is 0 Å². The van der Waals surface area contributed by atoms with Crippen molar-refractivity contribution in [2.75, 3.05) is 5.32 Å². The van der Waals surface area contributed by atoms with Crippen LogP contribution in [0.1, 0.15) is 21.5 Å². The van der Waals surface area contributed by atoms with E-state index < -0.39 is 5.91 Å². The molecule has 0 bridgehead atoms. The van der Waals surface area contributed by atoms with Crippen LogP contribution in [-0.4, -0.2) is 10.9 Å². The van der Waals surface area contributed by atoms with E-state index in [1.165, 1.54) is 6.20 Å². The van der Waals surface area contributed by atoms with Gasteiger partial charge in [-0.15, -0.1) is 0 Å². The zero-order chi connectivity index (χ0) is 14.7. The zero-order valence-corrected chi connectivity index (χ0v) is 12.3. The Bertz CT molecular complexity index is 659. The lowest BCUT2D eigenvalue weighted by atomic mass is 10.1. The van der Waals surface area contributed by atoms with Gasteiger partial charge in [-0.25, -0.2) is 4.98 Å². The Morgan fingerprint density at radius 2 is 2.10 bits per heavy atom. The van der Waals surface area contributed by atoms with Crippen molar-refractivity contribution in [1.82, 2.24) is 4.98 Å². The number of halogens is 2. The minimum Gasteiger partial charge on any atom is -0.380 e. The second-order valence-corrected chi connectivity index (χ2v) is 5.16. The van der Waals surface area contributed by atoms with E-state index >= 15 is 0 Å². The van der Waals surface area contributed by atoms with Gasteiger partial charge in [0.2, 0.25) is 0 Å². The Balaban J connectivity index is 2.24. The number of benzene rings is 1. The molecule has 0 aliphatic carbocycles. The number of rotatable bonds is 4. The molecule has 0 spiro atoms. The number of aryl methyl sites for hydroxylation is 1. The molecule has 6 heteroatoms. The number of hydrogen-bond acceptors (Lipinski definition) is 3. The molecule has 1 aromatic heterocycles. The van der Waals surface area contributed by atoms with Crippen molar-refractivity contribution >= 4 is 34.8 Å². The van der Waals surface area contributed by atoms with Gasteiger partial charge in [0.05, 0.1) is 11.3 Å². The lowest BCUT2D eigenvalue weighted by Gasteiger charge is -2.11. The first-order chi connectivity index (χ1) is 9.47. The molecule has 0 atom stereocenters. The van der Waals surface area contributed by atoms with E-state index in [0.29, 0.717) is 17.3 Å². The maximum absolute atomic E-state index is 11.3. The van der Waals surface area contributed by atoms with E-state index in [-0.39, 0.29) is 10.7 Å². The molecule has 2 aromatic rings. The summed E-state index contributed by atoms with van der Waals surface area (Å²) in [6, 6.07) is 7.31. The highest BCUT2D eigenvalue weighted by molar-refractivity contribution is 6.31. The number of nitrogens with one attached hydrogen (secondary N) is 1. The fraction of sp³-hybridized carbons (Fsp3) is 0.143. The van der Waals surface area contributed by atoms with E-state index in [1.807, 2.05) is 25.1 Å². The summed E-state index contributed by atoms with van der Waals surface area (Å²) >= 11 is 12.0. The van der Waals surface area contributed by atoms with E-state index in [2.05, 4.69) is 10.3 Å². The molecule has 0 aliphatic rings. The van der Waals surface area contributed by atoms with Gasteiger partial charge in [0.1, 0.15) is 5.15 Å². The summed E-state index contributed by atoms with van der Waals surface area (Å²) in [4.78, 5) is 15.2. The molecule has 1 heterocycles. The Kier molecular flexibility index (Phi) is 4.47. The van der Waals surface area contributed by atoms with Crippen LogP contribution in [0, 0.1) is 6.92 Å². The van der Waals surface area contributed by atoms with Gasteiger partial charge in [-0.3, -0.25) is 4.79 Å². The van der Waals surface area contributed by atoms with Crippen molar-refractivity contribution in [3.8, 4) is 0 Å². The minimum absolute atomic E-state index is 0.285. The van der Waals surface area contributed by atoms with Crippen molar-refractivity contribution in [2.45, 2.75) is 13.5 Å². The van der Waals surface area contributed by atoms with E-state index in [9.17, 15) is 4.79 Å². The lowest BCUT2D eigenvalue weighted by molar-refractivity contribution is 0.100. The maximum atomic E-state index is 11.3. The molecule has 0 radical (unpaired) electrons. The van der Waals surface area contributed by atoms with Crippen LogP contribution in [0.5, 0.6) is 0 Å². The van der Waals surface area contributed by atoms with E-state index in [1.54, 1.807) is 6.07 Å². The third-order valence-electron chi connectivity index (χ3n) is 2.81. The molecule has 4 nitrogen and oxygen atoms in total. The number of primary amides is 1. The summed E-state index contributed by atoms with van der Waals surface area (Å²) in [6.07, 6.45) is 1.35. The smallest absolute Gasteiger partial charge is 0.252 e. The predicted octanol–water partition coefficient (Wildman–Crippen LogP) is 3.41. The first-order valence-corrected chi connectivity index (χ1v) is 6.67. The van der Waals surface area contributed by atoms with Gasteiger partial charge in [-0.1, -0.05) is 40.9 Å². The molecule has 0 saturated heterocycles. The Hall–Kier alpha value is -1.78. The number of aromatic nitrogens is 1. The Morgan fingerprint density at radius 3 is 2.80 bits per heavy atom. The van der Waals surface area contributed by atoms with Crippen LogP contribution < -0.4 is 11.1 Å². The Labute approximate surface area is 126 Å². The van der Waals surface area contributed by atoms with Gasteiger partial charge in [-0.2, -0.15) is 0 Å². The molecule has 104 valence electrons. The largest absolute Gasteiger partial charge is 0.380 e. The molecule has 0 saturated carbocycles. The third kappa shape index (κ3) is 3.40. The quantitative estimate of drug-likeness (QED) is 0.850. The molecule has 0 fully saturated rings. The molecule has 0 aliphatic heterocycles. The van der Waals surface area contributed by atoms with Crippen LogP contribution in [-0.2, 0) is 6.54 Å². The SMILES string of the molecule is Cc1ccc(Cl)c(CNc2cc(Cl)ncc2C(N)=O)c1. The number of amides is 1. The second-order valence-electron chi connectivity index (χ2n) is 4.37. The van der Waals surface area contributed by atoms with Gasteiger partial charge in [-0.05, 0) is 24.6 Å². The summed E-state index contributed by atoms with van der Waals surface area (Å²) in [5.41, 5.74) is 8.16. The number of anilines is 1. The number of carbonyl (C=O) groups is 1. The zero-order valence-electron chi connectivity index (χ0n) is 10.8. The number of nitrogens with zero attached hydrogens (tertiary/aromatic N) is 1. The van der Waals surface area contributed by atoms with Crippen LogP contribution >= 0.6 is 23.2 Å². The van der Waals surface area contributed by atoms with Gasteiger partial charge < -0.3 is 11.1 Å². The molecule has 3 N–H and O–H groups in total. The van der Waals surface area contributed by atoms with Gasteiger partial charge in [0.25, 0.3) is 5.91 Å². The first-order valence-electron chi connectivity index (χ1n) is 5.91.